The van der Waals surface area contributed by atoms with E-state index in [-0.39, 0.29) is 12.0 Å². The van der Waals surface area contributed by atoms with Crippen LogP contribution >= 0.6 is 0 Å². The number of benzene rings is 1. The summed E-state index contributed by atoms with van der Waals surface area (Å²) >= 11 is 0. The first-order valence-corrected chi connectivity index (χ1v) is 7.30. The van der Waals surface area contributed by atoms with E-state index in [1.54, 1.807) is 12.1 Å². The van der Waals surface area contributed by atoms with E-state index in [9.17, 15) is 8.78 Å². The van der Waals surface area contributed by atoms with Crippen LogP contribution in [0.3, 0.4) is 0 Å². The van der Waals surface area contributed by atoms with Crippen molar-refractivity contribution < 1.29 is 8.78 Å². The predicted molar refractivity (Wildman–Crippen MR) is 73.8 cm³/mol. The minimum atomic E-state index is -0.757. The lowest BCUT2D eigenvalue weighted by Crippen LogP contribution is -2.37. The van der Waals surface area contributed by atoms with Crippen molar-refractivity contribution in [1.29, 1.82) is 0 Å². The molecule has 1 aliphatic rings. The fourth-order valence-electron chi connectivity index (χ4n) is 3.28. The van der Waals surface area contributed by atoms with Crippen molar-refractivity contribution in [2.45, 2.75) is 51.5 Å². The second-order valence-electron chi connectivity index (χ2n) is 5.81. The van der Waals surface area contributed by atoms with Crippen LogP contribution in [-0.4, -0.2) is 6.04 Å². The SMILES string of the molecule is CCCC1CCC(N)C(Cc2cccc(F)c2F)C1. The highest BCUT2D eigenvalue weighted by atomic mass is 19.2. The summed E-state index contributed by atoms with van der Waals surface area (Å²) < 4.78 is 26.9. The summed E-state index contributed by atoms with van der Waals surface area (Å²) in [4.78, 5) is 0. The lowest BCUT2D eigenvalue weighted by Gasteiger charge is -2.34. The van der Waals surface area contributed by atoms with Gasteiger partial charge in [0.15, 0.2) is 11.6 Å². The van der Waals surface area contributed by atoms with E-state index in [0.29, 0.717) is 17.9 Å². The Morgan fingerprint density at radius 1 is 1.26 bits per heavy atom. The first-order chi connectivity index (χ1) is 9.11. The minimum Gasteiger partial charge on any atom is -0.327 e. The average Bonchev–Trinajstić information content (AvgIpc) is 2.39. The summed E-state index contributed by atoms with van der Waals surface area (Å²) in [5.74, 6) is -0.479. The smallest absolute Gasteiger partial charge is 0.162 e. The van der Waals surface area contributed by atoms with Gasteiger partial charge in [-0.1, -0.05) is 31.9 Å². The summed E-state index contributed by atoms with van der Waals surface area (Å²) in [6.07, 6.45) is 6.19. The van der Waals surface area contributed by atoms with Crippen LogP contribution in [0.4, 0.5) is 8.78 Å². The molecule has 1 aromatic carbocycles. The molecular weight excluding hydrogens is 244 g/mol. The summed E-state index contributed by atoms with van der Waals surface area (Å²) in [5.41, 5.74) is 6.63. The molecule has 3 heteroatoms. The first kappa shape index (κ1) is 14.4. The molecule has 0 bridgehead atoms. The van der Waals surface area contributed by atoms with Crippen LogP contribution in [0.25, 0.3) is 0 Å². The van der Waals surface area contributed by atoms with Crippen LogP contribution in [0.1, 0.15) is 44.6 Å². The maximum atomic E-state index is 13.7. The van der Waals surface area contributed by atoms with Crippen molar-refractivity contribution in [2.24, 2.45) is 17.6 Å². The minimum absolute atomic E-state index is 0.121. The Labute approximate surface area is 114 Å². The van der Waals surface area contributed by atoms with Crippen LogP contribution in [-0.2, 0) is 6.42 Å². The monoisotopic (exact) mass is 267 g/mol. The molecule has 3 unspecified atom stereocenters. The van der Waals surface area contributed by atoms with Crippen LogP contribution in [0.2, 0.25) is 0 Å². The molecule has 106 valence electrons. The molecule has 1 fully saturated rings. The zero-order valence-electron chi connectivity index (χ0n) is 11.5. The van der Waals surface area contributed by atoms with E-state index in [2.05, 4.69) is 6.92 Å². The molecule has 19 heavy (non-hydrogen) atoms. The highest BCUT2D eigenvalue weighted by molar-refractivity contribution is 5.20. The van der Waals surface area contributed by atoms with Gasteiger partial charge in [-0.05, 0) is 49.1 Å². The quantitative estimate of drug-likeness (QED) is 0.875. The van der Waals surface area contributed by atoms with Crippen LogP contribution < -0.4 is 5.73 Å². The third-order valence-electron chi connectivity index (χ3n) is 4.36. The standard InChI is InChI=1S/C16H23F2N/c1-2-4-11-7-8-15(19)13(9-11)10-12-5-3-6-14(17)16(12)18/h3,5-6,11,13,15H,2,4,7-10,19H2,1H3. The fourth-order valence-corrected chi connectivity index (χ4v) is 3.28. The van der Waals surface area contributed by atoms with E-state index in [1.807, 2.05) is 0 Å². The number of hydrogen-bond acceptors (Lipinski definition) is 1. The molecule has 0 saturated heterocycles. The Balaban J connectivity index is 2.05. The van der Waals surface area contributed by atoms with Gasteiger partial charge in [-0.15, -0.1) is 0 Å². The number of halogens is 2. The van der Waals surface area contributed by atoms with Crippen molar-refractivity contribution in [3.63, 3.8) is 0 Å². The van der Waals surface area contributed by atoms with Gasteiger partial charge in [0.2, 0.25) is 0 Å². The molecule has 1 aromatic rings. The third kappa shape index (κ3) is 3.53. The van der Waals surface area contributed by atoms with Crippen LogP contribution in [0, 0.1) is 23.5 Å². The van der Waals surface area contributed by atoms with Crippen molar-refractivity contribution in [1.82, 2.24) is 0 Å². The van der Waals surface area contributed by atoms with E-state index < -0.39 is 11.6 Å². The van der Waals surface area contributed by atoms with Crippen molar-refractivity contribution in [3.8, 4) is 0 Å². The maximum Gasteiger partial charge on any atom is 0.162 e. The second kappa shape index (κ2) is 6.47. The summed E-state index contributed by atoms with van der Waals surface area (Å²) in [6, 6.07) is 4.54. The van der Waals surface area contributed by atoms with Crippen molar-refractivity contribution in [3.05, 3.63) is 35.4 Å². The van der Waals surface area contributed by atoms with Crippen molar-refractivity contribution in [2.75, 3.05) is 0 Å². The van der Waals surface area contributed by atoms with E-state index in [4.69, 9.17) is 5.73 Å². The van der Waals surface area contributed by atoms with Gasteiger partial charge in [-0.2, -0.15) is 0 Å². The highest BCUT2D eigenvalue weighted by Gasteiger charge is 2.28. The molecule has 0 radical (unpaired) electrons. The molecule has 1 nitrogen and oxygen atoms in total. The molecule has 0 aromatic heterocycles. The first-order valence-electron chi connectivity index (χ1n) is 7.30. The molecule has 2 rings (SSSR count). The Kier molecular flexibility index (Phi) is 4.92. The average molecular weight is 267 g/mol. The summed E-state index contributed by atoms with van der Waals surface area (Å²) in [7, 11) is 0. The van der Waals surface area contributed by atoms with Crippen molar-refractivity contribution >= 4 is 0 Å². The molecule has 2 N–H and O–H groups in total. The second-order valence-corrected chi connectivity index (χ2v) is 5.81. The molecule has 1 aliphatic carbocycles. The van der Waals surface area contributed by atoms with Gasteiger partial charge in [-0.25, -0.2) is 8.78 Å². The predicted octanol–water partition coefficient (Wildman–Crippen LogP) is 4.05. The molecular formula is C16H23F2N. The van der Waals surface area contributed by atoms with E-state index in [1.165, 1.54) is 25.3 Å². The van der Waals surface area contributed by atoms with E-state index in [0.717, 1.165) is 12.8 Å². The normalized spacial score (nSPS) is 27.5. The van der Waals surface area contributed by atoms with E-state index >= 15 is 0 Å². The Morgan fingerprint density at radius 2 is 2.05 bits per heavy atom. The van der Waals surface area contributed by atoms with Gasteiger partial charge >= 0.3 is 0 Å². The Morgan fingerprint density at radius 3 is 2.79 bits per heavy atom. The highest BCUT2D eigenvalue weighted by Crippen LogP contribution is 2.33. The zero-order chi connectivity index (χ0) is 13.8. The molecule has 0 amide bonds. The summed E-state index contributed by atoms with van der Waals surface area (Å²) in [6.45, 7) is 2.19. The Hall–Kier alpha value is -0.960. The molecule has 3 atom stereocenters. The van der Waals surface area contributed by atoms with Gasteiger partial charge in [-0.3, -0.25) is 0 Å². The maximum absolute atomic E-state index is 13.7. The lowest BCUT2D eigenvalue weighted by atomic mass is 9.74. The van der Waals surface area contributed by atoms with Gasteiger partial charge in [0, 0.05) is 6.04 Å². The number of hydrogen-bond donors (Lipinski definition) is 1. The van der Waals surface area contributed by atoms with Gasteiger partial charge < -0.3 is 5.73 Å². The zero-order valence-corrected chi connectivity index (χ0v) is 11.5. The summed E-state index contributed by atoms with van der Waals surface area (Å²) in [5, 5.41) is 0. The topological polar surface area (TPSA) is 26.0 Å². The fraction of sp³-hybridized carbons (Fsp3) is 0.625. The van der Waals surface area contributed by atoms with Crippen LogP contribution in [0.15, 0.2) is 18.2 Å². The molecule has 0 aliphatic heterocycles. The van der Waals surface area contributed by atoms with Gasteiger partial charge in [0.25, 0.3) is 0 Å². The van der Waals surface area contributed by atoms with Gasteiger partial charge in [0.05, 0.1) is 0 Å². The lowest BCUT2D eigenvalue weighted by molar-refractivity contribution is 0.220. The Bertz CT molecular complexity index is 419. The van der Waals surface area contributed by atoms with Crippen LogP contribution in [0.5, 0.6) is 0 Å². The number of rotatable bonds is 4. The molecule has 0 heterocycles. The number of nitrogens with two attached hydrogens (primary N) is 1. The largest absolute Gasteiger partial charge is 0.327 e. The van der Waals surface area contributed by atoms with Gasteiger partial charge in [0.1, 0.15) is 0 Å². The molecule has 1 saturated carbocycles. The molecule has 0 spiro atoms. The third-order valence-corrected chi connectivity index (χ3v) is 4.36.